The van der Waals surface area contributed by atoms with E-state index in [9.17, 15) is 19.2 Å². The van der Waals surface area contributed by atoms with E-state index in [4.69, 9.17) is 25.9 Å². The van der Waals surface area contributed by atoms with E-state index in [1.54, 1.807) is 68.8 Å². The molecule has 0 radical (unpaired) electrons. The molecular formula is C39H44N12O6. The smallest absolute Gasteiger partial charge is 0.276 e. The Labute approximate surface area is 327 Å². The molecular weight excluding hydrogens is 733 g/mol. The van der Waals surface area contributed by atoms with Gasteiger partial charge in [0.15, 0.2) is 0 Å². The standard InChI is InChI=1S/C39H44N12O6/c1-6-50-29(16-23(3)46-50)36(54)44-38-42-27-18-25(22-52)19-31(56-5)33(27)48(38)13-9-10-14-49-34-28(20-26(35(41)53)21-32(34)57-15-11-8-12-40)43-39(49)45-37(55)30-17-24(4)47-51(30)7-2/h8-11,16-22H,6-7,12-15,40H2,1-5H3,(H2,41,53)(H,42,44,54)(H,43,45,55)/b10-9+,11-8+. The van der Waals surface area contributed by atoms with Gasteiger partial charge in [-0.3, -0.25) is 39.2 Å². The Hall–Kier alpha value is -7.08. The van der Waals surface area contributed by atoms with Crippen LogP contribution in [0.2, 0.25) is 0 Å². The van der Waals surface area contributed by atoms with Gasteiger partial charge in [-0.1, -0.05) is 24.3 Å². The van der Waals surface area contributed by atoms with Gasteiger partial charge < -0.3 is 30.1 Å². The zero-order valence-electron chi connectivity index (χ0n) is 32.3. The Morgan fingerprint density at radius 3 is 1.79 bits per heavy atom. The molecule has 6 aromatic rings. The molecule has 57 heavy (non-hydrogen) atoms. The van der Waals surface area contributed by atoms with E-state index in [1.165, 1.54) is 19.2 Å². The first-order valence-corrected chi connectivity index (χ1v) is 18.2. The van der Waals surface area contributed by atoms with Gasteiger partial charge in [0.2, 0.25) is 17.8 Å². The van der Waals surface area contributed by atoms with Gasteiger partial charge in [0.05, 0.1) is 29.5 Å². The highest BCUT2D eigenvalue weighted by Gasteiger charge is 2.23. The van der Waals surface area contributed by atoms with Gasteiger partial charge in [0, 0.05) is 43.9 Å². The number of anilines is 2. The number of aldehydes is 1. The zero-order valence-corrected chi connectivity index (χ0v) is 32.3. The number of ether oxygens (including phenoxy) is 2. The fourth-order valence-electron chi connectivity index (χ4n) is 6.43. The van der Waals surface area contributed by atoms with Crippen molar-refractivity contribution in [1.29, 1.82) is 0 Å². The summed E-state index contributed by atoms with van der Waals surface area (Å²) in [6.45, 7) is 9.16. The minimum Gasteiger partial charge on any atom is -0.494 e. The third kappa shape index (κ3) is 8.30. The summed E-state index contributed by atoms with van der Waals surface area (Å²) in [6.07, 6.45) is 7.87. The molecule has 0 unspecified atom stereocenters. The van der Waals surface area contributed by atoms with Crippen molar-refractivity contribution in [3.8, 4) is 11.5 Å². The van der Waals surface area contributed by atoms with E-state index in [1.807, 2.05) is 26.0 Å². The first-order valence-electron chi connectivity index (χ1n) is 18.2. The maximum atomic E-state index is 13.7. The molecule has 0 spiro atoms. The average molecular weight is 777 g/mol. The number of hydrogen-bond donors (Lipinski definition) is 4. The number of nitrogens with two attached hydrogens (primary N) is 2. The summed E-state index contributed by atoms with van der Waals surface area (Å²) in [6, 6.07) is 9.66. The van der Waals surface area contributed by atoms with Crippen LogP contribution in [0.25, 0.3) is 22.1 Å². The molecule has 0 atom stereocenters. The van der Waals surface area contributed by atoms with Gasteiger partial charge in [-0.2, -0.15) is 10.2 Å². The lowest BCUT2D eigenvalue weighted by Crippen LogP contribution is -2.20. The molecule has 4 heterocycles. The minimum absolute atomic E-state index is 0.140. The summed E-state index contributed by atoms with van der Waals surface area (Å²) in [4.78, 5) is 60.8. The predicted molar refractivity (Wildman–Crippen MR) is 214 cm³/mol. The maximum Gasteiger partial charge on any atom is 0.276 e. The van der Waals surface area contributed by atoms with Crippen LogP contribution in [0.4, 0.5) is 11.9 Å². The van der Waals surface area contributed by atoms with Crippen LogP contribution in [0.1, 0.15) is 66.9 Å². The largest absolute Gasteiger partial charge is 0.494 e. The Morgan fingerprint density at radius 2 is 1.30 bits per heavy atom. The normalized spacial score (nSPS) is 11.6. The van der Waals surface area contributed by atoms with Crippen molar-refractivity contribution in [3.63, 3.8) is 0 Å². The van der Waals surface area contributed by atoms with Crippen LogP contribution in [0.15, 0.2) is 60.7 Å². The van der Waals surface area contributed by atoms with E-state index in [-0.39, 0.29) is 37.2 Å². The predicted octanol–water partition coefficient (Wildman–Crippen LogP) is 4.01. The molecule has 0 bridgehead atoms. The number of aromatic nitrogens is 8. The van der Waals surface area contributed by atoms with Gasteiger partial charge >= 0.3 is 0 Å². The lowest BCUT2D eigenvalue weighted by atomic mass is 10.1. The zero-order chi connectivity index (χ0) is 40.8. The molecule has 6 rings (SSSR count). The molecule has 4 aromatic heterocycles. The van der Waals surface area contributed by atoms with Gasteiger partial charge in [-0.25, -0.2) is 9.97 Å². The number of imidazole rings is 2. The number of aryl methyl sites for hydroxylation is 4. The number of amides is 3. The molecule has 3 amide bonds. The Kier molecular flexibility index (Phi) is 11.9. The summed E-state index contributed by atoms with van der Waals surface area (Å²) >= 11 is 0. The van der Waals surface area contributed by atoms with Crippen LogP contribution < -0.4 is 31.6 Å². The molecule has 18 nitrogen and oxygen atoms in total. The molecule has 296 valence electrons. The molecule has 2 aromatic carbocycles. The molecule has 0 aliphatic carbocycles. The maximum absolute atomic E-state index is 13.7. The molecule has 18 heteroatoms. The number of nitrogens with zero attached hydrogens (tertiary/aromatic N) is 8. The highest BCUT2D eigenvalue weighted by molar-refractivity contribution is 6.05. The second kappa shape index (κ2) is 17.2. The van der Waals surface area contributed by atoms with Crippen molar-refractivity contribution in [2.75, 3.05) is 30.9 Å². The number of primary amides is 1. The molecule has 0 saturated carbocycles. The van der Waals surface area contributed by atoms with Crippen LogP contribution in [-0.4, -0.2) is 82.9 Å². The van der Waals surface area contributed by atoms with Crippen LogP contribution >= 0.6 is 0 Å². The summed E-state index contributed by atoms with van der Waals surface area (Å²) in [5, 5.41) is 14.6. The van der Waals surface area contributed by atoms with E-state index in [0.29, 0.717) is 87.8 Å². The fourth-order valence-corrected chi connectivity index (χ4v) is 6.43. The number of benzene rings is 2. The van der Waals surface area contributed by atoms with E-state index >= 15 is 0 Å². The second-order valence-corrected chi connectivity index (χ2v) is 12.9. The first-order chi connectivity index (χ1) is 27.5. The van der Waals surface area contributed by atoms with Crippen LogP contribution in [0, 0.1) is 13.8 Å². The first kappa shape index (κ1) is 39.6. The van der Waals surface area contributed by atoms with Crippen molar-refractivity contribution in [2.45, 2.75) is 53.9 Å². The lowest BCUT2D eigenvalue weighted by molar-refractivity contribution is 0.0994. The Morgan fingerprint density at radius 1 is 0.754 bits per heavy atom. The van der Waals surface area contributed by atoms with E-state index < -0.39 is 17.7 Å². The number of rotatable bonds is 17. The van der Waals surface area contributed by atoms with Crippen molar-refractivity contribution < 1.29 is 28.7 Å². The number of nitrogens with one attached hydrogen (secondary N) is 2. The molecule has 0 aliphatic heterocycles. The summed E-state index contributed by atoms with van der Waals surface area (Å²) < 4.78 is 18.5. The van der Waals surface area contributed by atoms with Gasteiger partial charge in [-0.15, -0.1) is 0 Å². The molecule has 0 aliphatic rings. The number of hydrogen-bond acceptors (Lipinski definition) is 11. The van der Waals surface area contributed by atoms with Crippen LogP contribution in [0.3, 0.4) is 0 Å². The van der Waals surface area contributed by atoms with Crippen LogP contribution in [0.5, 0.6) is 11.5 Å². The monoisotopic (exact) mass is 776 g/mol. The van der Waals surface area contributed by atoms with Crippen molar-refractivity contribution in [1.82, 2.24) is 38.7 Å². The third-order valence-corrected chi connectivity index (χ3v) is 8.98. The minimum atomic E-state index is -0.679. The van der Waals surface area contributed by atoms with Gasteiger partial charge in [0.1, 0.15) is 46.8 Å². The second-order valence-electron chi connectivity index (χ2n) is 12.9. The Bertz CT molecular complexity index is 2550. The van der Waals surface area contributed by atoms with Gasteiger partial charge in [-0.05, 0) is 64.1 Å². The Balaban J connectivity index is 1.41. The molecule has 0 saturated heterocycles. The highest BCUT2D eigenvalue weighted by Crippen LogP contribution is 2.33. The summed E-state index contributed by atoms with van der Waals surface area (Å²) in [7, 11) is 1.49. The molecule has 6 N–H and O–H groups in total. The van der Waals surface area contributed by atoms with Gasteiger partial charge in [0.25, 0.3) is 11.8 Å². The number of allylic oxidation sites excluding steroid dienone is 2. The topological polar surface area (TPSA) is 234 Å². The van der Waals surface area contributed by atoms with Crippen molar-refractivity contribution in [2.24, 2.45) is 11.5 Å². The number of methoxy groups -OCH3 is 1. The summed E-state index contributed by atoms with van der Waals surface area (Å²) in [5.41, 5.74) is 15.7. The van der Waals surface area contributed by atoms with E-state index in [2.05, 4.69) is 25.8 Å². The summed E-state index contributed by atoms with van der Waals surface area (Å²) in [5.74, 6) is -0.449. The van der Waals surface area contributed by atoms with Crippen molar-refractivity contribution >= 4 is 58.0 Å². The SMILES string of the molecule is CCn1nc(C)cc1C(=O)Nc1nc2cc(C=O)cc(OC)c2n1C/C=C/Cn1c(NC(=O)c2cc(C)nn2CC)nc2cc(C(N)=O)cc(OC/C=C/CN)c21. The van der Waals surface area contributed by atoms with Crippen LogP contribution in [-0.2, 0) is 26.2 Å². The number of carbonyl (C=O) groups is 4. The van der Waals surface area contributed by atoms with Crippen molar-refractivity contribution in [3.05, 3.63) is 94.6 Å². The number of carbonyl (C=O) groups excluding carboxylic acids is 4. The fraction of sp³-hybridized carbons (Fsp3) is 0.282. The highest BCUT2D eigenvalue weighted by atomic mass is 16.5. The number of fused-ring (bicyclic) bond motifs is 2. The third-order valence-electron chi connectivity index (χ3n) is 8.98. The van der Waals surface area contributed by atoms with E-state index in [0.717, 1.165) is 0 Å². The lowest BCUT2D eigenvalue weighted by Gasteiger charge is -2.13. The average Bonchev–Trinajstić information content (AvgIpc) is 3.96. The molecule has 0 fully saturated rings. The quantitative estimate of drug-likeness (QED) is 0.0763.